The van der Waals surface area contributed by atoms with E-state index in [2.05, 4.69) is 4.98 Å². The fraction of sp³-hybridized carbons (Fsp3) is 0.286. The number of aromatic nitrogens is 1. The number of nitrogens with zero attached hydrogens (tertiary/aromatic N) is 2. The van der Waals surface area contributed by atoms with Gasteiger partial charge in [0.25, 0.3) is 5.91 Å². The average molecular weight is 305 g/mol. The SMILES string of the molecule is COc1ccccc1OCC(=O)N1Cc2nc(N)sc2C1. The van der Waals surface area contributed by atoms with Gasteiger partial charge in [0, 0.05) is 0 Å². The fourth-order valence-electron chi connectivity index (χ4n) is 2.21. The van der Waals surface area contributed by atoms with E-state index in [1.807, 2.05) is 12.1 Å². The van der Waals surface area contributed by atoms with Crippen molar-refractivity contribution in [1.29, 1.82) is 0 Å². The van der Waals surface area contributed by atoms with Gasteiger partial charge in [0.1, 0.15) is 0 Å². The van der Waals surface area contributed by atoms with E-state index >= 15 is 0 Å². The van der Waals surface area contributed by atoms with Crippen LogP contribution in [0.15, 0.2) is 24.3 Å². The predicted molar refractivity (Wildman–Crippen MR) is 79.3 cm³/mol. The molecule has 0 unspecified atom stereocenters. The first-order valence-electron chi connectivity index (χ1n) is 6.45. The summed E-state index contributed by atoms with van der Waals surface area (Å²) in [6.45, 7) is 1.03. The van der Waals surface area contributed by atoms with E-state index in [4.69, 9.17) is 15.2 Å². The van der Waals surface area contributed by atoms with E-state index in [1.54, 1.807) is 24.1 Å². The molecule has 0 saturated carbocycles. The Morgan fingerprint density at radius 3 is 2.86 bits per heavy atom. The van der Waals surface area contributed by atoms with Gasteiger partial charge < -0.3 is 20.1 Å². The van der Waals surface area contributed by atoms with Crippen LogP contribution >= 0.6 is 11.3 Å². The molecule has 2 N–H and O–H groups in total. The van der Waals surface area contributed by atoms with Crippen molar-refractivity contribution in [3.05, 3.63) is 34.8 Å². The number of fused-ring (bicyclic) bond motifs is 1. The van der Waals surface area contributed by atoms with Crippen LogP contribution in [0.2, 0.25) is 0 Å². The molecule has 0 fully saturated rings. The minimum absolute atomic E-state index is 0.0230. The van der Waals surface area contributed by atoms with Gasteiger partial charge in [-0.1, -0.05) is 12.1 Å². The van der Waals surface area contributed by atoms with Crippen molar-refractivity contribution in [3.63, 3.8) is 0 Å². The number of hydrogen-bond acceptors (Lipinski definition) is 6. The number of para-hydroxylation sites is 2. The first-order chi connectivity index (χ1) is 10.2. The van der Waals surface area contributed by atoms with Crippen LogP contribution in [0.3, 0.4) is 0 Å². The molecule has 7 heteroatoms. The Hall–Kier alpha value is -2.28. The van der Waals surface area contributed by atoms with Crippen molar-refractivity contribution in [2.24, 2.45) is 0 Å². The Kier molecular flexibility index (Phi) is 3.66. The number of amides is 1. The lowest BCUT2D eigenvalue weighted by atomic mass is 10.3. The van der Waals surface area contributed by atoms with Crippen molar-refractivity contribution in [1.82, 2.24) is 9.88 Å². The number of nitrogen functional groups attached to an aromatic ring is 1. The summed E-state index contributed by atoms with van der Waals surface area (Å²) in [5, 5.41) is 0.553. The van der Waals surface area contributed by atoms with Crippen molar-refractivity contribution >= 4 is 22.4 Å². The molecule has 1 aliphatic rings. The first-order valence-corrected chi connectivity index (χ1v) is 7.26. The number of anilines is 1. The highest BCUT2D eigenvalue weighted by Gasteiger charge is 2.27. The van der Waals surface area contributed by atoms with Crippen LogP contribution in [0.4, 0.5) is 5.13 Å². The summed E-state index contributed by atoms with van der Waals surface area (Å²) >= 11 is 1.43. The van der Waals surface area contributed by atoms with Crippen LogP contribution in [0.1, 0.15) is 10.6 Å². The number of carbonyl (C=O) groups is 1. The molecule has 1 aromatic heterocycles. The molecule has 1 amide bonds. The minimum atomic E-state index is -0.0790. The highest BCUT2D eigenvalue weighted by molar-refractivity contribution is 7.15. The summed E-state index contributed by atoms with van der Waals surface area (Å²) in [6, 6.07) is 7.25. The lowest BCUT2D eigenvalue weighted by Crippen LogP contribution is -2.30. The standard InChI is InChI=1S/C14H15N3O3S/c1-19-10-4-2-3-5-11(10)20-8-13(18)17-6-9-12(7-17)21-14(15)16-9/h2-5H,6-8H2,1H3,(H2,15,16). The number of hydrogen-bond donors (Lipinski definition) is 1. The molecule has 1 aromatic carbocycles. The highest BCUT2D eigenvalue weighted by Crippen LogP contribution is 2.30. The van der Waals surface area contributed by atoms with Gasteiger partial charge in [-0.3, -0.25) is 4.79 Å². The quantitative estimate of drug-likeness (QED) is 0.929. The molecule has 2 heterocycles. The zero-order chi connectivity index (χ0) is 14.8. The first kappa shape index (κ1) is 13.7. The molecule has 2 aromatic rings. The number of ether oxygens (including phenoxy) is 2. The Labute approximate surface area is 126 Å². The number of thiazole rings is 1. The van der Waals surface area contributed by atoms with Crippen molar-refractivity contribution < 1.29 is 14.3 Å². The van der Waals surface area contributed by atoms with Crippen LogP contribution in [0.5, 0.6) is 11.5 Å². The molecule has 21 heavy (non-hydrogen) atoms. The van der Waals surface area contributed by atoms with E-state index in [0.29, 0.717) is 29.7 Å². The monoisotopic (exact) mass is 305 g/mol. The largest absolute Gasteiger partial charge is 0.493 e. The summed E-state index contributed by atoms with van der Waals surface area (Å²) in [5.74, 6) is 1.09. The fourth-order valence-corrected chi connectivity index (χ4v) is 3.06. The second-order valence-electron chi connectivity index (χ2n) is 4.61. The van der Waals surface area contributed by atoms with Gasteiger partial charge in [-0.05, 0) is 12.1 Å². The Balaban J connectivity index is 1.59. The second kappa shape index (κ2) is 5.61. The van der Waals surface area contributed by atoms with E-state index in [9.17, 15) is 4.79 Å². The molecule has 0 saturated heterocycles. The van der Waals surface area contributed by atoms with Gasteiger partial charge in [0.15, 0.2) is 23.2 Å². The predicted octanol–water partition coefficient (Wildman–Crippen LogP) is 1.66. The topological polar surface area (TPSA) is 77.7 Å². The molecule has 0 radical (unpaired) electrons. The number of carbonyl (C=O) groups excluding carboxylic acids is 1. The molecule has 110 valence electrons. The normalized spacial score (nSPS) is 13.1. The van der Waals surface area contributed by atoms with Gasteiger partial charge in [-0.15, -0.1) is 11.3 Å². The molecule has 0 spiro atoms. The van der Waals surface area contributed by atoms with Crippen molar-refractivity contribution in [2.75, 3.05) is 19.5 Å². The maximum absolute atomic E-state index is 12.2. The smallest absolute Gasteiger partial charge is 0.261 e. The van der Waals surface area contributed by atoms with Gasteiger partial charge in [0.05, 0.1) is 30.8 Å². The number of benzene rings is 1. The Morgan fingerprint density at radius 1 is 1.38 bits per heavy atom. The molecule has 0 aliphatic carbocycles. The van der Waals surface area contributed by atoms with Crippen LogP contribution < -0.4 is 15.2 Å². The summed E-state index contributed by atoms with van der Waals surface area (Å²) in [6.07, 6.45) is 0. The average Bonchev–Trinajstić information content (AvgIpc) is 3.02. The summed E-state index contributed by atoms with van der Waals surface area (Å²) in [4.78, 5) is 19.2. The zero-order valence-corrected chi connectivity index (χ0v) is 12.4. The summed E-state index contributed by atoms with van der Waals surface area (Å²) < 4.78 is 10.7. The molecular formula is C14H15N3O3S. The van der Waals surface area contributed by atoms with E-state index in [1.165, 1.54) is 11.3 Å². The van der Waals surface area contributed by atoms with Gasteiger partial charge in [-0.25, -0.2) is 4.98 Å². The minimum Gasteiger partial charge on any atom is -0.493 e. The second-order valence-corrected chi connectivity index (χ2v) is 5.73. The van der Waals surface area contributed by atoms with Gasteiger partial charge in [-0.2, -0.15) is 0 Å². The third-order valence-electron chi connectivity index (χ3n) is 3.24. The lowest BCUT2D eigenvalue weighted by Gasteiger charge is -2.16. The number of methoxy groups -OCH3 is 1. The number of rotatable bonds is 4. The zero-order valence-electron chi connectivity index (χ0n) is 11.5. The van der Waals surface area contributed by atoms with Crippen LogP contribution in [-0.4, -0.2) is 29.5 Å². The third kappa shape index (κ3) is 2.78. The van der Waals surface area contributed by atoms with Crippen LogP contribution in [0.25, 0.3) is 0 Å². The molecular weight excluding hydrogens is 290 g/mol. The van der Waals surface area contributed by atoms with Crippen molar-refractivity contribution in [3.8, 4) is 11.5 Å². The maximum Gasteiger partial charge on any atom is 0.261 e. The van der Waals surface area contributed by atoms with Crippen molar-refractivity contribution in [2.45, 2.75) is 13.1 Å². The number of nitrogens with two attached hydrogens (primary N) is 1. The van der Waals surface area contributed by atoms with Gasteiger partial charge in [0.2, 0.25) is 0 Å². The Bertz CT molecular complexity index is 648. The summed E-state index contributed by atoms with van der Waals surface area (Å²) in [5.41, 5.74) is 6.53. The third-order valence-corrected chi connectivity index (χ3v) is 4.15. The maximum atomic E-state index is 12.2. The van der Waals surface area contributed by atoms with Gasteiger partial charge >= 0.3 is 0 Å². The molecule has 3 rings (SSSR count). The highest BCUT2D eigenvalue weighted by atomic mass is 32.1. The van der Waals surface area contributed by atoms with Crippen LogP contribution in [0, 0.1) is 0 Å². The molecule has 6 nitrogen and oxygen atoms in total. The van der Waals surface area contributed by atoms with E-state index < -0.39 is 0 Å². The van der Waals surface area contributed by atoms with E-state index in [0.717, 1.165) is 10.6 Å². The molecule has 0 bridgehead atoms. The van der Waals surface area contributed by atoms with Crippen LogP contribution in [-0.2, 0) is 17.9 Å². The molecule has 0 atom stereocenters. The Morgan fingerprint density at radius 2 is 2.14 bits per heavy atom. The lowest BCUT2D eigenvalue weighted by molar-refractivity contribution is -0.134. The van der Waals surface area contributed by atoms with E-state index in [-0.39, 0.29) is 12.5 Å². The summed E-state index contributed by atoms with van der Waals surface area (Å²) in [7, 11) is 1.57. The molecule has 1 aliphatic heterocycles.